The van der Waals surface area contributed by atoms with Crippen LogP contribution in [0.2, 0.25) is 0 Å². The fourth-order valence-corrected chi connectivity index (χ4v) is 2.44. The van der Waals surface area contributed by atoms with E-state index in [4.69, 9.17) is 4.74 Å². The molecule has 0 unspecified atom stereocenters. The molecule has 0 spiro atoms. The molecule has 28 heavy (non-hydrogen) atoms. The number of anilines is 1. The van der Waals surface area contributed by atoms with E-state index in [-0.39, 0.29) is 36.6 Å². The highest BCUT2D eigenvalue weighted by atomic mass is 19.3. The highest BCUT2D eigenvalue weighted by Crippen LogP contribution is 2.30. The van der Waals surface area contributed by atoms with Gasteiger partial charge in [0.25, 0.3) is 5.91 Å². The summed E-state index contributed by atoms with van der Waals surface area (Å²) < 4.78 is 33.9. The van der Waals surface area contributed by atoms with Crippen molar-refractivity contribution in [3.63, 3.8) is 0 Å². The molecule has 3 rings (SSSR count). The number of alkyl halides is 2. The monoisotopic (exact) mass is 390 g/mol. The fourth-order valence-electron chi connectivity index (χ4n) is 2.44. The van der Waals surface area contributed by atoms with Crippen LogP contribution in [-0.4, -0.2) is 25.0 Å². The summed E-state index contributed by atoms with van der Waals surface area (Å²) in [6, 6.07) is 12.8. The van der Waals surface area contributed by atoms with Crippen molar-refractivity contribution in [2.24, 2.45) is 5.92 Å². The molecule has 0 atom stereocenters. The van der Waals surface area contributed by atoms with E-state index in [1.165, 1.54) is 12.1 Å². The number of carbonyl (C=O) groups excluding carboxylic acids is 2. The number of carbonyl (C=O) groups is 2. The van der Waals surface area contributed by atoms with E-state index in [2.05, 4.69) is 15.4 Å². The molecule has 2 aromatic rings. The Labute approximate surface area is 160 Å². The number of rotatable bonds is 9. The zero-order valence-electron chi connectivity index (χ0n) is 15.0. The molecule has 1 aliphatic rings. The first-order valence-corrected chi connectivity index (χ1v) is 8.84. The van der Waals surface area contributed by atoms with Crippen LogP contribution in [0.3, 0.4) is 0 Å². The van der Waals surface area contributed by atoms with Crippen molar-refractivity contribution < 1.29 is 27.8 Å². The average molecular weight is 390 g/mol. The lowest BCUT2D eigenvalue weighted by molar-refractivity contribution is -0.123. The zero-order chi connectivity index (χ0) is 19.9. The zero-order valence-corrected chi connectivity index (χ0v) is 15.0. The SMILES string of the molecule is O=C(COc1cccc(NC(=O)C2CC2)c1)NCc1ccc(OC(F)F)cc1. The van der Waals surface area contributed by atoms with Crippen molar-refractivity contribution in [3.8, 4) is 11.5 Å². The maximum absolute atomic E-state index is 12.1. The number of amides is 2. The molecule has 6 nitrogen and oxygen atoms in total. The van der Waals surface area contributed by atoms with Gasteiger partial charge in [0.15, 0.2) is 6.61 Å². The molecular weight excluding hydrogens is 370 g/mol. The van der Waals surface area contributed by atoms with E-state index >= 15 is 0 Å². The smallest absolute Gasteiger partial charge is 0.387 e. The Kier molecular flexibility index (Phi) is 6.41. The topological polar surface area (TPSA) is 76.7 Å². The van der Waals surface area contributed by atoms with Gasteiger partial charge in [-0.25, -0.2) is 0 Å². The quantitative estimate of drug-likeness (QED) is 0.689. The lowest BCUT2D eigenvalue weighted by atomic mass is 10.2. The van der Waals surface area contributed by atoms with Crippen LogP contribution in [0.5, 0.6) is 11.5 Å². The van der Waals surface area contributed by atoms with Gasteiger partial charge < -0.3 is 20.1 Å². The number of hydrogen-bond acceptors (Lipinski definition) is 4. The summed E-state index contributed by atoms with van der Waals surface area (Å²) in [5, 5.41) is 5.49. The average Bonchev–Trinajstić information content (AvgIpc) is 3.51. The van der Waals surface area contributed by atoms with Gasteiger partial charge in [-0.05, 0) is 42.7 Å². The summed E-state index contributed by atoms with van der Waals surface area (Å²) in [6.45, 7) is -2.83. The highest BCUT2D eigenvalue weighted by Gasteiger charge is 2.29. The van der Waals surface area contributed by atoms with Gasteiger partial charge in [-0.2, -0.15) is 8.78 Å². The fraction of sp³-hybridized carbons (Fsp3) is 0.300. The van der Waals surface area contributed by atoms with E-state index < -0.39 is 6.61 Å². The van der Waals surface area contributed by atoms with E-state index in [1.54, 1.807) is 36.4 Å². The predicted octanol–water partition coefficient (Wildman–Crippen LogP) is 3.33. The first-order valence-electron chi connectivity index (χ1n) is 8.84. The maximum Gasteiger partial charge on any atom is 0.387 e. The summed E-state index contributed by atoms with van der Waals surface area (Å²) in [4.78, 5) is 23.7. The molecule has 8 heteroatoms. The van der Waals surface area contributed by atoms with Crippen molar-refractivity contribution in [2.45, 2.75) is 26.0 Å². The third kappa shape index (κ3) is 6.22. The number of halogens is 2. The van der Waals surface area contributed by atoms with Gasteiger partial charge in [0.1, 0.15) is 11.5 Å². The van der Waals surface area contributed by atoms with Crippen LogP contribution in [0.25, 0.3) is 0 Å². The van der Waals surface area contributed by atoms with Crippen LogP contribution in [0.4, 0.5) is 14.5 Å². The third-order valence-corrected chi connectivity index (χ3v) is 4.06. The summed E-state index contributed by atoms with van der Waals surface area (Å²) in [6.07, 6.45) is 1.84. The normalized spacial score (nSPS) is 13.1. The van der Waals surface area contributed by atoms with Crippen LogP contribution < -0.4 is 20.1 Å². The summed E-state index contributed by atoms with van der Waals surface area (Å²) in [5.41, 5.74) is 1.36. The molecule has 0 saturated heterocycles. The Hall–Kier alpha value is -3.16. The number of ether oxygens (including phenoxy) is 2. The van der Waals surface area contributed by atoms with Crippen molar-refractivity contribution >= 4 is 17.5 Å². The Morgan fingerprint density at radius 3 is 2.50 bits per heavy atom. The second-order valence-electron chi connectivity index (χ2n) is 6.38. The predicted molar refractivity (Wildman–Crippen MR) is 98.2 cm³/mol. The molecule has 2 amide bonds. The summed E-state index contributed by atoms with van der Waals surface area (Å²) >= 11 is 0. The lowest BCUT2D eigenvalue weighted by Gasteiger charge is -2.10. The van der Waals surface area contributed by atoms with Gasteiger partial charge in [-0.3, -0.25) is 9.59 Å². The minimum Gasteiger partial charge on any atom is -0.484 e. The van der Waals surface area contributed by atoms with E-state index in [0.29, 0.717) is 11.4 Å². The van der Waals surface area contributed by atoms with Crippen LogP contribution in [0.15, 0.2) is 48.5 Å². The lowest BCUT2D eigenvalue weighted by Crippen LogP contribution is -2.28. The standard InChI is InChI=1S/C20H20F2N2O4/c21-20(22)28-16-8-4-13(5-9-16)11-23-18(25)12-27-17-3-1-2-15(10-17)24-19(26)14-6-7-14/h1-5,8-10,14,20H,6-7,11-12H2,(H,23,25)(H,24,26). The molecule has 0 bridgehead atoms. The van der Waals surface area contributed by atoms with Crippen LogP contribution in [-0.2, 0) is 16.1 Å². The molecule has 0 radical (unpaired) electrons. The Balaban J connectivity index is 1.42. The second-order valence-corrected chi connectivity index (χ2v) is 6.38. The number of benzene rings is 2. The molecule has 148 valence electrons. The molecule has 0 aromatic heterocycles. The van der Waals surface area contributed by atoms with Crippen molar-refractivity contribution in [3.05, 3.63) is 54.1 Å². The van der Waals surface area contributed by atoms with Gasteiger partial charge in [0.05, 0.1) is 0 Å². The molecule has 1 fully saturated rings. The first-order chi connectivity index (χ1) is 13.5. The van der Waals surface area contributed by atoms with Crippen LogP contribution in [0, 0.1) is 5.92 Å². The van der Waals surface area contributed by atoms with E-state index in [1.807, 2.05) is 0 Å². The highest BCUT2D eigenvalue weighted by molar-refractivity contribution is 5.94. The Bertz CT molecular complexity index is 823. The van der Waals surface area contributed by atoms with Crippen molar-refractivity contribution in [1.29, 1.82) is 0 Å². The van der Waals surface area contributed by atoms with Crippen LogP contribution in [0.1, 0.15) is 18.4 Å². The summed E-state index contributed by atoms with van der Waals surface area (Å²) in [7, 11) is 0. The van der Waals surface area contributed by atoms with Gasteiger partial charge in [-0.1, -0.05) is 18.2 Å². The Morgan fingerprint density at radius 1 is 1.07 bits per heavy atom. The number of nitrogens with one attached hydrogen (secondary N) is 2. The van der Waals surface area contributed by atoms with Gasteiger partial charge in [0.2, 0.25) is 5.91 Å². The molecular formula is C20H20F2N2O4. The van der Waals surface area contributed by atoms with Crippen molar-refractivity contribution in [2.75, 3.05) is 11.9 Å². The van der Waals surface area contributed by atoms with Gasteiger partial charge in [-0.15, -0.1) is 0 Å². The third-order valence-electron chi connectivity index (χ3n) is 4.06. The molecule has 0 heterocycles. The van der Waals surface area contributed by atoms with Gasteiger partial charge >= 0.3 is 6.61 Å². The van der Waals surface area contributed by atoms with E-state index in [0.717, 1.165) is 18.4 Å². The van der Waals surface area contributed by atoms with Gasteiger partial charge in [0, 0.05) is 24.2 Å². The van der Waals surface area contributed by atoms with E-state index in [9.17, 15) is 18.4 Å². The largest absolute Gasteiger partial charge is 0.484 e. The second kappa shape index (κ2) is 9.16. The first kappa shape index (κ1) is 19.6. The summed E-state index contributed by atoms with van der Waals surface area (Å²) in [5.74, 6) is 0.297. The maximum atomic E-state index is 12.1. The van der Waals surface area contributed by atoms with Crippen LogP contribution >= 0.6 is 0 Å². The molecule has 2 aromatic carbocycles. The minimum absolute atomic E-state index is 0.000128. The van der Waals surface area contributed by atoms with Crippen molar-refractivity contribution in [1.82, 2.24) is 5.32 Å². The minimum atomic E-state index is -2.87. The molecule has 2 N–H and O–H groups in total. The molecule has 0 aliphatic heterocycles. The number of hydrogen-bond donors (Lipinski definition) is 2. The Morgan fingerprint density at radius 2 is 1.82 bits per heavy atom. The molecule has 1 saturated carbocycles. The molecule has 1 aliphatic carbocycles.